The third kappa shape index (κ3) is 3.51. The number of alkyl halides is 3. The van der Waals surface area contributed by atoms with Gasteiger partial charge in [0, 0.05) is 28.3 Å². The molecule has 4 heterocycles. The molecule has 0 unspecified atom stereocenters. The average Bonchev–Trinajstić information content (AvgIpc) is 3.07. The van der Waals surface area contributed by atoms with Crippen molar-refractivity contribution in [3.8, 4) is 0 Å². The quantitative estimate of drug-likeness (QED) is 0.635. The number of nitrogens with one attached hydrogen (secondary N) is 1. The number of nitrogens with zero attached hydrogens (tertiary/aromatic N) is 2. The Labute approximate surface area is 181 Å². The van der Waals surface area contributed by atoms with Gasteiger partial charge >= 0.3 is 6.18 Å². The fraction of sp³-hybridized carbons (Fsp3) is 0.348. The molecule has 3 aromatic rings. The van der Waals surface area contributed by atoms with Crippen LogP contribution in [0, 0.1) is 0 Å². The Balaban J connectivity index is 1.44. The third-order valence-electron chi connectivity index (χ3n) is 5.97. The van der Waals surface area contributed by atoms with Crippen LogP contribution < -0.4 is 5.32 Å². The van der Waals surface area contributed by atoms with Gasteiger partial charge in [0.25, 0.3) is 5.91 Å². The SMILES string of the molecule is CC1(C)OCc2c1cnc1ccc(C(=O)N[C@@H]3COCc4nc(C(F)(F)F)ccc43)cc21. The highest BCUT2D eigenvalue weighted by atomic mass is 19.4. The molecule has 5 rings (SSSR count). The van der Waals surface area contributed by atoms with E-state index in [1.165, 1.54) is 6.07 Å². The van der Waals surface area contributed by atoms with Crippen molar-refractivity contribution < 1.29 is 27.4 Å². The van der Waals surface area contributed by atoms with Crippen LogP contribution in [0.5, 0.6) is 0 Å². The van der Waals surface area contributed by atoms with E-state index >= 15 is 0 Å². The number of pyridine rings is 2. The van der Waals surface area contributed by atoms with Crippen LogP contribution in [0.15, 0.2) is 36.5 Å². The summed E-state index contributed by atoms with van der Waals surface area (Å²) < 4.78 is 50.2. The molecule has 0 radical (unpaired) electrons. The maximum Gasteiger partial charge on any atom is 0.433 e. The van der Waals surface area contributed by atoms with Crippen LogP contribution in [-0.2, 0) is 34.5 Å². The van der Waals surface area contributed by atoms with Gasteiger partial charge in [-0.05, 0) is 43.7 Å². The number of ether oxygens (including phenoxy) is 2. The van der Waals surface area contributed by atoms with E-state index in [4.69, 9.17) is 9.47 Å². The normalized spacial score (nSPS) is 19.5. The molecule has 1 aromatic carbocycles. The third-order valence-corrected chi connectivity index (χ3v) is 5.97. The zero-order valence-corrected chi connectivity index (χ0v) is 17.4. The monoisotopic (exact) mass is 443 g/mol. The summed E-state index contributed by atoms with van der Waals surface area (Å²) in [7, 11) is 0. The maximum absolute atomic E-state index is 13.0. The van der Waals surface area contributed by atoms with Crippen LogP contribution in [-0.4, -0.2) is 22.5 Å². The standard InChI is InChI=1S/C23H20F3N3O3/c1-22(2)16-8-27-17-5-3-12(7-14(17)15(16)9-32-22)21(30)29-19-11-31-10-18-13(19)4-6-20(28-18)23(24,25)26/h3-8,19H,9-11H2,1-2H3,(H,29,30)/t19-/m1/s1. The lowest BCUT2D eigenvalue weighted by Gasteiger charge is -2.26. The molecule has 32 heavy (non-hydrogen) atoms. The Morgan fingerprint density at radius 2 is 2.00 bits per heavy atom. The number of carbonyl (C=O) groups is 1. The molecule has 1 atom stereocenters. The van der Waals surface area contributed by atoms with Crippen molar-refractivity contribution >= 4 is 16.8 Å². The van der Waals surface area contributed by atoms with Crippen molar-refractivity contribution in [2.45, 2.75) is 44.9 Å². The molecule has 0 saturated heterocycles. The lowest BCUT2D eigenvalue weighted by Crippen LogP contribution is -2.35. The maximum atomic E-state index is 13.0. The minimum Gasteiger partial charge on any atom is -0.373 e. The molecule has 1 amide bonds. The van der Waals surface area contributed by atoms with Gasteiger partial charge in [0.2, 0.25) is 0 Å². The fourth-order valence-electron chi connectivity index (χ4n) is 4.22. The van der Waals surface area contributed by atoms with Crippen LogP contribution in [0.2, 0.25) is 0 Å². The van der Waals surface area contributed by atoms with Crippen LogP contribution >= 0.6 is 0 Å². The van der Waals surface area contributed by atoms with Gasteiger partial charge in [-0.2, -0.15) is 13.2 Å². The van der Waals surface area contributed by atoms with Crippen molar-refractivity contribution in [2.75, 3.05) is 6.61 Å². The van der Waals surface area contributed by atoms with Crippen molar-refractivity contribution in [3.63, 3.8) is 0 Å². The number of benzene rings is 1. The number of amides is 1. The summed E-state index contributed by atoms with van der Waals surface area (Å²) in [6.45, 7) is 4.50. The fourth-order valence-corrected chi connectivity index (χ4v) is 4.22. The molecule has 6 nitrogen and oxygen atoms in total. The zero-order valence-electron chi connectivity index (χ0n) is 17.4. The lowest BCUT2D eigenvalue weighted by atomic mass is 9.95. The Morgan fingerprint density at radius 1 is 1.19 bits per heavy atom. The van der Waals surface area contributed by atoms with Crippen LogP contribution in [0.3, 0.4) is 0 Å². The van der Waals surface area contributed by atoms with Crippen LogP contribution in [0.25, 0.3) is 10.9 Å². The van der Waals surface area contributed by atoms with Crippen molar-refractivity contribution in [1.29, 1.82) is 0 Å². The molecule has 2 aliphatic rings. The van der Waals surface area contributed by atoms with E-state index in [1.54, 1.807) is 18.2 Å². The minimum absolute atomic E-state index is 0.0325. The topological polar surface area (TPSA) is 73.3 Å². The van der Waals surface area contributed by atoms with Crippen molar-refractivity contribution in [2.24, 2.45) is 0 Å². The van der Waals surface area contributed by atoms with E-state index in [0.29, 0.717) is 17.7 Å². The predicted molar refractivity (Wildman–Crippen MR) is 109 cm³/mol. The summed E-state index contributed by atoms with van der Waals surface area (Å²) in [5, 5.41) is 3.71. The van der Waals surface area contributed by atoms with E-state index < -0.39 is 23.5 Å². The molecule has 0 fully saturated rings. The molecule has 9 heteroatoms. The molecule has 166 valence electrons. The summed E-state index contributed by atoms with van der Waals surface area (Å²) in [5.74, 6) is -0.357. The molecule has 0 aliphatic carbocycles. The zero-order chi connectivity index (χ0) is 22.7. The number of aromatic nitrogens is 2. The van der Waals surface area contributed by atoms with Crippen molar-refractivity contribution in [3.05, 3.63) is 70.2 Å². The Morgan fingerprint density at radius 3 is 2.78 bits per heavy atom. The number of hydrogen-bond acceptors (Lipinski definition) is 5. The lowest BCUT2D eigenvalue weighted by molar-refractivity contribution is -0.141. The summed E-state index contributed by atoms with van der Waals surface area (Å²) in [6.07, 6.45) is -2.73. The second-order valence-corrected chi connectivity index (χ2v) is 8.45. The molecule has 0 saturated carbocycles. The van der Waals surface area contributed by atoms with Crippen LogP contribution in [0.1, 0.15) is 58.3 Å². The summed E-state index contributed by atoms with van der Waals surface area (Å²) >= 11 is 0. The first kappa shape index (κ1) is 20.8. The molecule has 0 bridgehead atoms. The Kier molecular flexibility index (Phi) is 4.72. The first-order valence-corrected chi connectivity index (χ1v) is 10.2. The van der Waals surface area contributed by atoms with Gasteiger partial charge in [-0.15, -0.1) is 0 Å². The molecule has 2 aromatic heterocycles. The number of rotatable bonds is 2. The summed E-state index contributed by atoms with van der Waals surface area (Å²) in [6, 6.07) is 6.91. The van der Waals surface area contributed by atoms with Gasteiger partial charge in [0.05, 0.1) is 42.7 Å². The number of hydrogen-bond donors (Lipinski definition) is 1. The van der Waals surface area contributed by atoms with Gasteiger partial charge in [-0.1, -0.05) is 6.07 Å². The minimum atomic E-state index is -4.54. The predicted octanol–water partition coefficient (Wildman–Crippen LogP) is 4.42. The van der Waals surface area contributed by atoms with E-state index in [1.807, 2.05) is 20.0 Å². The van der Waals surface area contributed by atoms with Gasteiger partial charge in [-0.3, -0.25) is 9.78 Å². The molecule has 0 spiro atoms. The number of carbonyl (C=O) groups excluding carboxylic acids is 1. The smallest absolute Gasteiger partial charge is 0.373 e. The summed E-state index contributed by atoms with van der Waals surface area (Å²) in [5.41, 5.74) is 2.45. The first-order valence-electron chi connectivity index (χ1n) is 10.2. The second-order valence-electron chi connectivity index (χ2n) is 8.45. The van der Waals surface area contributed by atoms with E-state index in [2.05, 4.69) is 15.3 Å². The first-order chi connectivity index (χ1) is 15.1. The average molecular weight is 443 g/mol. The molecular weight excluding hydrogens is 423 g/mol. The highest BCUT2D eigenvalue weighted by Crippen LogP contribution is 2.39. The largest absolute Gasteiger partial charge is 0.433 e. The molecule has 2 aliphatic heterocycles. The molecular formula is C23H20F3N3O3. The molecule has 1 N–H and O–H groups in total. The Hall–Kier alpha value is -3.04. The number of fused-ring (bicyclic) bond motifs is 4. The Bertz CT molecular complexity index is 1240. The van der Waals surface area contributed by atoms with Gasteiger partial charge < -0.3 is 14.8 Å². The van der Waals surface area contributed by atoms with E-state index in [9.17, 15) is 18.0 Å². The van der Waals surface area contributed by atoms with E-state index in [0.717, 1.165) is 28.1 Å². The van der Waals surface area contributed by atoms with Crippen LogP contribution in [0.4, 0.5) is 13.2 Å². The van der Waals surface area contributed by atoms with E-state index in [-0.39, 0.29) is 24.8 Å². The summed E-state index contributed by atoms with van der Waals surface area (Å²) in [4.78, 5) is 21.2. The second kappa shape index (κ2) is 7.25. The van der Waals surface area contributed by atoms with Gasteiger partial charge in [0.15, 0.2) is 0 Å². The number of halogens is 3. The highest BCUT2D eigenvalue weighted by Gasteiger charge is 2.35. The van der Waals surface area contributed by atoms with Crippen molar-refractivity contribution in [1.82, 2.24) is 15.3 Å². The van der Waals surface area contributed by atoms with Gasteiger partial charge in [-0.25, -0.2) is 4.98 Å². The highest BCUT2D eigenvalue weighted by molar-refractivity contribution is 5.99. The van der Waals surface area contributed by atoms with Gasteiger partial charge in [0.1, 0.15) is 5.69 Å².